The van der Waals surface area contributed by atoms with Crippen LogP contribution in [0.15, 0.2) is 0 Å². The minimum absolute atomic E-state index is 0.0737. The third kappa shape index (κ3) is 3.43. The van der Waals surface area contributed by atoms with Gasteiger partial charge in [-0.25, -0.2) is 0 Å². The third-order valence-corrected chi connectivity index (χ3v) is 3.43. The first kappa shape index (κ1) is 14.9. The van der Waals surface area contributed by atoms with Crippen LogP contribution in [0.2, 0.25) is 0 Å². The van der Waals surface area contributed by atoms with Crippen LogP contribution in [0.4, 0.5) is 0 Å². The number of nitrogens with zero attached hydrogens (tertiary/aromatic N) is 1. The van der Waals surface area contributed by atoms with Crippen LogP contribution in [0.3, 0.4) is 0 Å². The van der Waals surface area contributed by atoms with Crippen molar-refractivity contribution in [2.24, 2.45) is 5.92 Å². The average Bonchev–Trinajstić information content (AvgIpc) is 2.83. The molecule has 0 bridgehead atoms. The quantitative estimate of drug-likeness (QED) is 0.697. The number of ether oxygens (including phenoxy) is 1. The maximum atomic E-state index is 11.8. The van der Waals surface area contributed by atoms with E-state index in [9.17, 15) is 9.59 Å². The van der Waals surface area contributed by atoms with Gasteiger partial charge < -0.3 is 15.2 Å². The molecule has 0 aliphatic carbocycles. The zero-order valence-corrected chi connectivity index (χ0v) is 11.2. The maximum absolute atomic E-state index is 11.8. The van der Waals surface area contributed by atoms with Crippen LogP contribution in [0, 0.1) is 5.92 Å². The Balaban J connectivity index is 2.59. The minimum atomic E-state index is -0.870. The molecule has 2 N–H and O–H groups in total. The minimum Gasteiger partial charge on any atom is -0.481 e. The van der Waals surface area contributed by atoms with Gasteiger partial charge in [0.05, 0.1) is 25.2 Å². The summed E-state index contributed by atoms with van der Waals surface area (Å²) in [5, 5.41) is 11.9. The molecule has 3 unspecified atom stereocenters. The Morgan fingerprint density at radius 3 is 2.72 bits per heavy atom. The van der Waals surface area contributed by atoms with E-state index in [1.165, 1.54) is 0 Å². The fourth-order valence-corrected chi connectivity index (χ4v) is 2.05. The van der Waals surface area contributed by atoms with Gasteiger partial charge in [0.1, 0.15) is 0 Å². The topological polar surface area (TPSA) is 78.9 Å². The Labute approximate surface area is 107 Å². The molecule has 0 spiro atoms. The van der Waals surface area contributed by atoms with Gasteiger partial charge in [0, 0.05) is 12.6 Å². The predicted molar refractivity (Wildman–Crippen MR) is 66.3 cm³/mol. The lowest BCUT2D eigenvalue weighted by molar-refractivity contribution is -0.144. The largest absolute Gasteiger partial charge is 0.481 e. The summed E-state index contributed by atoms with van der Waals surface area (Å²) >= 11 is 0. The Kier molecular flexibility index (Phi) is 5.55. The fourth-order valence-electron chi connectivity index (χ4n) is 2.05. The van der Waals surface area contributed by atoms with E-state index in [1.54, 1.807) is 18.9 Å². The van der Waals surface area contributed by atoms with Gasteiger partial charge in [0.15, 0.2) is 0 Å². The van der Waals surface area contributed by atoms with Gasteiger partial charge in [-0.15, -0.1) is 0 Å². The van der Waals surface area contributed by atoms with Crippen molar-refractivity contribution in [3.8, 4) is 0 Å². The molecular weight excluding hydrogens is 236 g/mol. The van der Waals surface area contributed by atoms with Crippen molar-refractivity contribution < 1.29 is 19.4 Å². The number of carbonyl (C=O) groups is 2. The maximum Gasteiger partial charge on any atom is 0.310 e. The standard InChI is InChI=1S/C12H22N2O4/c1-4-5-13-11(15)8(2)14(3)10-7-18-6-9(10)12(16)17/h8-10H,4-7H2,1-3H3,(H,13,15)(H,16,17). The summed E-state index contributed by atoms with van der Waals surface area (Å²) in [6.45, 7) is 4.98. The van der Waals surface area contributed by atoms with E-state index in [4.69, 9.17) is 9.84 Å². The molecule has 0 saturated carbocycles. The van der Waals surface area contributed by atoms with E-state index >= 15 is 0 Å². The van der Waals surface area contributed by atoms with Gasteiger partial charge in [-0.3, -0.25) is 14.5 Å². The van der Waals surface area contributed by atoms with Crippen LogP contribution in [-0.4, -0.2) is 60.8 Å². The van der Waals surface area contributed by atoms with Crippen LogP contribution < -0.4 is 5.32 Å². The molecule has 1 aliphatic rings. The lowest BCUT2D eigenvalue weighted by Gasteiger charge is -2.30. The lowest BCUT2D eigenvalue weighted by Crippen LogP contribution is -2.51. The molecule has 6 heteroatoms. The SMILES string of the molecule is CCCNC(=O)C(C)N(C)C1COCC1C(=O)O. The van der Waals surface area contributed by atoms with Crippen LogP contribution in [0.1, 0.15) is 20.3 Å². The monoisotopic (exact) mass is 258 g/mol. The predicted octanol–water partition coefficient (Wildman–Crippen LogP) is -0.0675. The smallest absolute Gasteiger partial charge is 0.310 e. The normalized spacial score (nSPS) is 25.1. The molecule has 1 fully saturated rings. The van der Waals surface area contributed by atoms with E-state index < -0.39 is 11.9 Å². The summed E-state index contributed by atoms with van der Waals surface area (Å²) in [6.07, 6.45) is 0.881. The molecule has 3 atom stereocenters. The molecule has 1 rings (SSSR count). The summed E-state index contributed by atoms with van der Waals surface area (Å²) in [6, 6.07) is -0.602. The fraction of sp³-hybridized carbons (Fsp3) is 0.833. The first-order valence-electron chi connectivity index (χ1n) is 6.29. The van der Waals surface area contributed by atoms with Crippen molar-refractivity contribution in [1.82, 2.24) is 10.2 Å². The molecular formula is C12H22N2O4. The molecule has 0 aromatic rings. The molecule has 0 aromatic carbocycles. The Morgan fingerprint density at radius 1 is 1.50 bits per heavy atom. The molecule has 104 valence electrons. The number of likely N-dealkylation sites (N-methyl/N-ethyl adjacent to an activating group) is 1. The molecule has 0 radical (unpaired) electrons. The zero-order chi connectivity index (χ0) is 13.7. The van der Waals surface area contributed by atoms with Crippen LogP contribution >= 0.6 is 0 Å². The van der Waals surface area contributed by atoms with Gasteiger partial charge in [0.25, 0.3) is 0 Å². The second kappa shape index (κ2) is 6.70. The first-order valence-corrected chi connectivity index (χ1v) is 6.29. The summed E-state index contributed by atoms with van der Waals surface area (Å²) in [7, 11) is 1.77. The van der Waals surface area contributed by atoms with E-state index in [2.05, 4.69) is 5.32 Å². The van der Waals surface area contributed by atoms with E-state index in [0.29, 0.717) is 13.2 Å². The van der Waals surface area contributed by atoms with Gasteiger partial charge in [-0.1, -0.05) is 6.92 Å². The summed E-state index contributed by atoms with van der Waals surface area (Å²) in [5.74, 6) is -1.50. The highest BCUT2D eigenvalue weighted by atomic mass is 16.5. The van der Waals surface area contributed by atoms with Gasteiger partial charge in [-0.05, 0) is 20.4 Å². The number of rotatable bonds is 6. The van der Waals surface area contributed by atoms with Gasteiger partial charge in [0.2, 0.25) is 5.91 Å². The summed E-state index contributed by atoms with van der Waals surface area (Å²) in [5.41, 5.74) is 0. The van der Waals surface area contributed by atoms with E-state index in [-0.39, 0.29) is 24.6 Å². The van der Waals surface area contributed by atoms with Crippen LogP contribution in [0.25, 0.3) is 0 Å². The van der Waals surface area contributed by atoms with Crippen molar-refractivity contribution in [2.45, 2.75) is 32.4 Å². The highest BCUT2D eigenvalue weighted by molar-refractivity contribution is 5.81. The average molecular weight is 258 g/mol. The van der Waals surface area contributed by atoms with Crippen LogP contribution in [-0.2, 0) is 14.3 Å². The Bertz CT molecular complexity index is 308. The summed E-state index contributed by atoms with van der Waals surface area (Å²) < 4.78 is 5.21. The highest BCUT2D eigenvalue weighted by Gasteiger charge is 2.39. The van der Waals surface area contributed by atoms with Crippen LogP contribution in [0.5, 0.6) is 0 Å². The highest BCUT2D eigenvalue weighted by Crippen LogP contribution is 2.20. The number of hydrogen-bond donors (Lipinski definition) is 2. The number of carboxylic acid groups (broad SMARTS) is 1. The third-order valence-electron chi connectivity index (χ3n) is 3.43. The Morgan fingerprint density at radius 2 is 2.17 bits per heavy atom. The summed E-state index contributed by atoms with van der Waals surface area (Å²) in [4.78, 5) is 24.7. The number of nitrogens with one attached hydrogen (secondary N) is 1. The van der Waals surface area contributed by atoms with Crippen molar-refractivity contribution in [3.05, 3.63) is 0 Å². The molecule has 6 nitrogen and oxygen atoms in total. The molecule has 1 amide bonds. The number of carbonyl (C=O) groups excluding carboxylic acids is 1. The van der Waals surface area contributed by atoms with Crippen molar-refractivity contribution in [1.29, 1.82) is 0 Å². The second-order valence-corrected chi connectivity index (χ2v) is 4.68. The van der Waals surface area contributed by atoms with Gasteiger partial charge >= 0.3 is 5.97 Å². The first-order chi connectivity index (χ1) is 8.49. The van der Waals surface area contributed by atoms with Gasteiger partial charge in [-0.2, -0.15) is 0 Å². The van der Waals surface area contributed by atoms with E-state index in [0.717, 1.165) is 6.42 Å². The lowest BCUT2D eigenvalue weighted by atomic mass is 10.0. The molecule has 0 aromatic heterocycles. The zero-order valence-electron chi connectivity index (χ0n) is 11.2. The van der Waals surface area contributed by atoms with Crippen molar-refractivity contribution in [2.75, 3.05) is 26.8 Å². The Hall–Kier alpha value is -1.14. The number of amides is 1. The van der Waals surface area contributed by atoms with Crippen molar-refractivity contribution >= 4 is 11.9 Å². The molecule has 18 heavy (non-hydrogen) atoms. The molecule has 1 aliphatic heterocycles. The number of carboxylic acids is 1. The van der Waals surface area contributed by atoms with E-state index in [1.807, 2.05) is 6.92 Å². The second-order valence-electron chi connectivity index (χ2n) is 4.68. The van der Waals surface area contributed by atoms with Crippen molar-refractivity contribution in [3.63, 3.8) is 0 Å². The molecule has 1 heterocycles. The molecule has 1 saturated heterocycles. The number of aliphatic carboxylic acids is 1. The number of hydrogen-bond acceptors (Lipinski definition) is 4.